The second kappa shape index (κ2) is 7.51. The predicted octanol–water partition coefficient (Wildman–Crippen LogP) is 1.76. The summed E-state index contributed by atoms with van der Waals surface area (Å²) in [5, 5.41) is 7.54. The molecule has 2 amide bonds. The van der Waals surface area contributed by atoms with Crippen LogP contribution in [0.15, 0.2) is 61.2 Å². The molecule has 0 atom stereocenters. The second-order valence-electron chi connectivity index (χ2n) is 6.39. The molecule has 142 valence electrons. The number of hydrogen-bond acceptors (Lipinski definition) is 5. The van der Waals surface area contributed by atoms with Gasteiger partial charge in [-0.15, -0.1) is 10.2 Å². The molecule has 0 unspecified atom stereocenters. The van der Waals surface area contributed by atoms with Gasteiger partial charge in [0, 0.05) is 36.1 Å². The lowest BCUT2D eigenvalue weighted by atomic mass is 10.1. The fraction of sp³-hybridized carbons (Fsp3) is 0.200. The number of benzene rings is 2. The Hall–Kier alpha value is -3.68. The Morgan fingerprint density at radius 1 is 1.00 bits per heavy atom. The van der Waals surface area contributed by atoms with E-state index in [-0.39, 0.29) is 18.4 Å². The van der Waals surface area contributed by atoms with Crippen LogP contribution in [0.25, 0.3) is 5.69 Å². The van der Waals surface area contributed by atoms with E-state index < -0.39 is 0 Å². The summed E-state index contributed by atoms with van der Waals surface area (Å²) in [5.74, 6) is 0.417. The minimum atomic E-state index is -0.158. The van der Waals surface area contributed by atoms with Crippen molar-refractivity contribution in [3.8, 4) is 11.4 Å². The molecule has 1 aliphatic rings. The number of anilines is 1. The minimum Gasteiger partial charge on any atom is -0.497 e. The fourth-order valence-corrected chi connectivity index (χ4v) is 3.19. The lowest BCUT2D eigenvalue weighted by Crippen LogP contribution is -2.52. The van der Waals surface area contributed by atoms with Gasteiger partial charge in [0.05, 0.1) is 7.11 Å². The highest BCUT2D eigenvalue weighted by Crippen LogP contribution is 2.23. The molecule has 2 heterocycles. The summed E-state index contributed by atoms with van der Waals surface area (Å²) in [6, 6.07) is 14.5. The highest BCUT2D eigenvalue weighted by Gasteiger charge is 2.28. The fourth-order valence-electron chi connectivity index (χ4n) is 3.19. The topological polar surface area (TPSA) is 80.6 Å². The second-order valence-corrected chi connectivity index (χ2v) is 6.39. The van der Waals surface area contributed by atoms with E-state index in [1.54, 1.807) is 46.3 Å². The molecule has 0 bridgehead atoms. The van der Waals surface area contributed by atoms with Crippen molar-refractivity contribution in [2.45, 2.75) is 0 Å². The van der Waals surface area contributed by atoms with Crippen LogP contribution in [0.3, 0.4) is 0 Å². The summed E-state index contributed by atoms with van der Waals surface area (Å²) in [4.78, 5) is 28.7. The van der Waals surface area contributed by atoms with Gasteiger partial charge in [-0.2, -0.15) is 0 Å². The molecule has 1 saturated heterocycles. The molecule has 0 N–H and O–H groups in total. The van der Waals surface area contributed by atoms with Crippen molar-refractivity contribution in [1.82, 2.24) is 19.7 Å². The molecule has 4 rings (SSSR count). The molecule has 1 aromatic heterocycles. The van der Waals surface area contributed by atoms with Crippen molar-refractivity contribution in [2.24, 2.45) is 0 Å². The number of rotatable bonds is 4. The maximum atomic E-state index is 12.8. The van der Waals surface area contributed by atoms with Gasteiger partial charge in [0.1, 0.15) is 24.9 Å². The van der Waals surface area contributed by atoms with Crippen molar-refractivity contribution < 1.29 is 14.3 Å². The third-order valence-corrected chi connectivity index (χ3v) is 4.70. The van der Waals surface area contributed by atoms with Gasteiger partial charge < -0.3 is 14.5 Å². The zero-order valence-electron chi connectivity index (χ0n) is 15.4. The van der Waals surface area contributed by atoms with Crippen LogP contribution < -0.4 is 9.64 Å². The molecule has 28 heavy (non-hydrogen) atoms. The van der Waals surface area contributed by atoms with Gasteiger partial charge >= 0.3 is 0 Å². The first-order chi connectivity index (χ1) is 13.7. The predicted molar refractivity (Wildman–Crippen MR) is 103 cm³/mol. The van der Waals surface area contributed by atoms with Gasteiger partial charge in [-0.1, -0.05) is 6.07 Å². The largest absolute Gasteiger partial charge is 0.497 e. The van der Waals surface area contributed by atoms with E-state index in [1.165, 1.54) is 0 Å². The van der Waals surface area contributed by atoms with Crippen LogP contribution >= 0.6 is 0 Å². The molecule has 1 aliphatic heterocycles. The summed E-state index contributed by atoms with van der Waals surface area (Å²) in [5.41, 5.74) is 2.18. The molecule has 8 heteroatoms. The van der Waals surface area contributed by atoms with Crippen LogP contribution in [0.4, 0.5) is 5.69 Å². The monoisotopic (exact) mass is 377 g/mol. The van der Waals surface area contributed by atoms with Crippen molar-refractivity contribution in [1.29, 1.82) is 0 Å². The van der Waals surface area contributed by atoms with Crippen molar-refractivity contribution >= 4 is 17.5 Å². The Morgan fingerprint density at radius 2 is 1.75 bits per heavy atom. The molecule has 1 fully saturated rings. The molecule has 2 aromatic carbocycles. The quantitative estimate of drug-likeness (QED) is 0.692. The van der Waals surface area contributed by atoms with Crippen LogP contribution in [-0.2, 0) is 4.79 Å². The van der Waals surface area contributed by atoms with Gasteiger partial charge in [0.25, 0.3) is 5.91 Å². The minimum absolute atomic E-state index is 0.0449. The summed E-state index contributed by atoms with van der Waals surface area (Å²) in [6.07, 6.45) is 3.18. The number of nitrogens with zero attached hydrogens (tertiary/aromatic N) is 5. The van der Waals surface area contributed by atoms with E-state index in [4.69, 9.17) is 4.74 Å². The van der Waals surface area contributed by atoms with Crippen molar-refractivity contribution in [3.05, 3.63) is 66.7 Å². The molecule has 0 radical (unpaired) electrons. The number of ether oxygens (including phenoxy) is 1. The number of piperazine rings is 1. The Labute approximate surface area is 162 Å². The van der Waals surface area contributed by atoms with Crippen LogP contribution in [0, 0.1) is 0 Å². The molecular weight excluding hydrogens is 358 g/mol. The summed E-state index contributed by atoms with van der Waals surface area (Å²) in [6.45, 7) is 0.953. The number of aromatic nitrogens is 3. The van der Waals surface area contributed by atoms with Crippen LogP contribution in [-0.4, -0.2) is 58.2 Å². The molecular formula is C20H19N5O3. The van der Waals surface area contributed by atoms with Crippen molar-refractivity contribution in [3.63, 3.8) is 0 Å². The molecule has 8 nitrogen and oxygen atoms in total. The number of carbonyl (C=O) groups is 2. The first kappa shape index (κ1) is 17.7. The van der Waals surface area contributed by atoms with Gasteiger partial charge in [0.2, 0.25) is 5.91 Å². The lowest BCUT2D eigenvalue weighted by molar-refractivity contribution is -0.120. The van der Waals surface area contributed by atoms with E-state index in [2.05, 4.69) is 10.2 Å². The molecule has 3 aromatic rings. The Bertz CT molecular complexity index is 985. The zero-order valence-corrected chi connectivity index (χ0v) is 15.4. The standard InChI is InChI=1S/C20H19N5O3/c1-28-18-4-2-3-17(11-18)25-10-9-23(12-19(25)26)20(27)15-5-7-16(8-6-15)24-13-21-22-14-24/h2-8,11,13-14H,9-10,12H2,1H3. The first-order valence-electron chi connectivity index (χ1n) is 8.84. The van der Waals surface area contributed by atoms with Gasteiger partial charge in [-0.25, -0.2) is 0 Å². The Kier molecular flexibility index (Phi) is 4.76. The maximum absolute atomic E-state index is 12.8. The number of amides is 2. The van der Waals surface area contributed by atoms with Gasteiger partial charge in [-0.05, 0) is 36.4 Å². The van der Waals surface area contributed by atoms with Gasteiger partial charge in [-0.3, -0.25) is 14.2 Å². The number of carbonyl (C=O) groups excluding carboxylic acids is 2. The smallest absolute Gasteiger partial charge is 0.254 e. The third kappa shape index (κ3) is 3.44. The first-order valence-corrected chi connectivity index (χ1v) is 8.84. The van der Waals surface area contributed by atoms with E-state index in [0.29, 0.717) is 24.4 Å². The third-order valence-electron chi connectivity index (χ3n) is 4.70. The van der Waals surface area contributed by atoms with Crippen LogP contribution in [0.2, 0.25) is 0 Å². The maximum Gasteiger partial charge on any atom is 0.254 e. The van der Waals surface area contributed by atoms with E-state index in [1.807, 2.05) is 36.4 Å². The van der Waals surface area contributed by atoms with Gasteiger partial charge in [0.15, 0.2) is 0 Å². The molecule has 0 spiro atoms. The average molecular weight is 377 g/mol. The normalized spacial score (nSPS) is 14.2. The summed E-state index contributed by atoms with van der Waals surface area (Å²) < 4.78 is 6.98. The van der Waals surface area contributed by atoms with Crippen molar-refractivity contribution in [2.75, 3.05) is 31.6 Å². The van der Waals surface area contributed by atoms with Crippen LogP contribution in [0.1, 0.15) is 10.4 Å². The Morgan fingerprint density at radius 3 is 2.43 bits per heavy atom. The zero-order chi connectivity index (χ0) is 19.5. The van der Waals surface area contributed by atoms with E-state index >= 15 is 0 Å². The number of methoxy groups -OCH3 is 1. The summed E-state index contributed by atoms with van der Waals surface area (Å²) in [7, 11) is 1.59. The van der Waals surface area contributed by atoms with Crippen LogP contribution in [0.5, 0.6) is 5.75 Å². The highest BCUT2D eigenvalue weighted by atomic mass is 16.5. The highest BCUT2D eigenvalue weighted by molar-refractivity contribution is 6.01. The molecule has 0 saturated carbocycles. The SMILES string of the molecule is COc1cccc(N2CCN(C(=O)c3ccc(-n4cnnc4)cc3)CC2=O)c1. The average Bonchev–Trinajstić information content (AvgIpc) is 3.28. The molecule has 0 aliphatic carbocycles. The Balaban J connectivity index is 1.45. The number of hydrogen-bond donors (Lipinski definition) is 0. The summed E-state index contributed by atoms with van der Waals surface area (Å²) >= 11 is 0. The van der Waals surface area contributed by atoms with E-state index in [9.17, 15) is 9.59 Å². The lowest BCUT2D eigenvalue weighted by Gasteiger charge is -2.34. The van der Waals surface area contributed by atoms with E-state index in [0.717, 1.165) is 11.4 Å².